The molecule has 4 rings (SSSR count). The molecule has 1 atom stereocenters. The third-order valence-corrected chi connectivity index (χ3v) is 6.47. The van der Waals surface area contributed by atoms with E-state index in [2.05, 4.69) is 6.92 Å². The molecule has 0 radical (unpaired) electrons. The summed E-state index contributed by atoms with van der Waals surface area (Å²) in [6, 6.07) is 5.67. The van der Waals surface area contributed by atoms with Crippen molar-refractivity contribution in [2.24, 2.45) is 5.92 Å². The van der Waals surface area contributed by atoms with E-state index in [1.165, 1.54) is 4.88 Å². The van der Waals surface area contributed by atoms with Crippen LogP contribution >= 0.6 is 11.3 Å². The normalized spacial score (nSPS) is 18.8. The predicted molar refractivity (Wildman–Crippen MR) is 102 cm³/mol. The lowest BCUT2D eigenvalue weighted by Crippen LogP contribution is -2.25. The molecule has 2 aromatic rings. The molecule has 1 aromatic heterocycles. The van der Waals surface area contributed by atoms with Crippen LogP contribution in [0.1, 0.15) is 52.2 Å². The number of nitrogen functional groups attached to an aromatic ring is 1. The number of anilines is 2. The Hall–Kier alpha value is -2.14. The molecule has 1 aromatic carbocycles. The Balaban J connectivity index is 1.70. The molecule has 0 saturated heterocycles. The molecular formula is C20H22N2O2S. The summed E-state index contributed by atoms with van der Waals surface area (Å²) in [5, 5.41) is 0.648. The number of nitrogens with zero attached hydrogens (tertiary/aromatic N) is 1. The zero-order chi connectivity index (χ0) is 17.7. The van der Waals surface area contributed by atoms with E-state index in [0.717, 1.165) is 42.5 Å². The van der Waals surface area contributed by atoms with Crippen LogP contribution in [0.5, 0.6) is 0 Å². The van der Waals surface area contributed by atoms with E-state index in [-0.39, 0.29) is 11.7 Å². The summed E-state index contributed by atoms with van der Waals surface area (Å²) >= 11 is 1.58. The van der Waals surface area contributed by atoms with Gasteiger partial charge in [-0.1, -0.05) is 6.92 Å². The van der Waals surface area contributed by atoms with Crippen molar-refractivity contribution in [3.63, 3.8) is 0 Å². The van der Waals surface area contributed by atoms with Crippen LogP contribution in [0.4, 0.5) is 10.7 Å². The highest BCUT2D eigenvalue weighted by Gasteiger charge is 2.28. The van der Waals surface area contributed by atoms with Gasteiger partial charge in [0.25, 0.3) is 0 Å². The minimum atomic E-state index is 0.0219. The molecule has 4 nitrogen and oxygen atoms in total. The zero-order valence-electron chi connectivity index (χ0n) is 14.6. The summed E-state index contributed by atoms with van der Waals surface area (Å²) in [5.74, 6) is 0.725. The molecule has 5 heteroatoms. The summed E-state index contributed by atoms with van der Waals surface area (Å²) in [6.07, 6.45) is 3.87. The number of hydrogen-bond acceptors (Lipinski definition) is 4. The monoisotopic (exact) mass is 354 g/mol. The summed E-state index contributed by atoms with van der Waals surface area (Å²) in [5.41, 5.74) is 10.8. The smallest absolute Gasteiger partial charge is 0.223 e. The number of rotatable bonds is 2. The Morgan fingerprint density at radius 3 is 2.84 bits per heavy atom. The summed E-state index contributed by atoms with van der Waals surface area (Å²) in [7, 11) is 0. The Labute approximate surface area is 151 Å². The molecule has 0 spiro atoms. The minimum Gasteiger partial charge on any atom is -0.390 e. The fraction of sp³-hybridized carbons (Fsp3) is 0.400. The lowest BCUT2D eigenvalue weighted by molar-refractivity contribution is -0.116. The van der Waals surface area contributed by atoms with Gasteiger partial charge < -0.3 is 10.6 Å². The maximum absolute atomic E-state index is 13.1. The highest BCUT2D eigenvalue weighted by molar-refractivity contribution is 7.16. The van der Waals surface area contributed by atoms with Gasteiger partial charge in [0, 0.05) is 29.6 Å². The second kappa shape index (κ2) is 5.99. The van der Waals surface area contributed by atoms with E-state index in [9.17, 15) is 9.59 Å². The molecule has 2 heterocycles. The summed E-state index contributed by atoms with van der Waals surface area (Å²) < 4.78 is 0. The lowest BCUT2D eigenvalue weighted by atomic mass is 9.86. The number of nitrogens with two attached hydrogens (primary N) is 1. The third kappa shape index (κ3) is 2.67. The van der Waals surface area contributed by atoms with E-state index >= 15 is 0 Å². The largest absolute Gasteiger partial charge is 0.390 e. The minimum absolute atomic E-state index is 0.0219. The number of carbonyl (C=O) groups is 2. The quantitative estimate of drug-likeness (QED) is 0.838. The Morgan fingerprint density at radius 2 is 2.08 bits per heavy atom. The predicted octanol–water partition coefficient (Wildman–Crippen LogP) is 3.60. The number of carbonyl (C=O) groups excluding carboxylic acids is 2. The van der Waals surface area contributed by atoms with E-state index in [4.69, 9.17) is 5.73 Å². The maximum Gasteiger partial charge on any atom is 0.223 e. The number of thiophene rings is 1. The first-order chi connectivity index (χ1) is 12.0. The first-order valence-electron chi connectivity index (χ1n) is 8.81. The maximum atomic E-state index is 13.1. The fourth-order valence-electron chi connectivity index (χ4n) is 4.04. The number of ketones is 1. The molecule has 0 saturated carbocycles. The van der Waals surface area contributed by atoms with Crippen molar-refractivity contribution >= 4 is 33.7 Å². The van der Waals surface area contributed by atoms with Gasteiger partial charge in [0.2, 0.25) is 5.91 Å². The van der Waals surface area contributed by atoms with Crippen LogP contribution in [-0.4, -0.2) is 18.2 Å². The fourth-order valence-corrected chi connectivity index (χ4v) is 5.31. The number of fused-ring (bicyclic) bond motifs is 2. The first kappa shape index (κ1) is 16.3. The topological polar surface area (TPSA) is 63.4 Å². The lowest BCUT2D eigenvalue weighted by Gasteiger charge is -2.18. The Bertz CT molecular complexity index is 884. The van der Waals surface area contributed by atoms with Crippen LogP contribution in [0.2, 0.25) is 0 Å². The van der Waals surface area contributed by atoms with Crippen molar-refractivity contribution in [3.05, 3.63) is 45.3 Å². The Kier molecular flexibility index (Phi) is 3.91. The van der Waals surface area contributed by atoms with Crippen LogP contribution in [0.3, 0.4) is 0 Å². The highest BCUT2D eigenvalue weighted by Crippen LogP contribution is 2.39. The van der Waals surface area contributed by atoms with Gasteiger partial charge >= 0.3 is 0 Å². The number of benzene rings is 1. The van der Waals surface area contributed by atoms with Crippen molar-refractivity contribution < 1.29 is 9.59 Å². The van der Waals surface area contributed by atoms with Gasteiger partial charge in [0.15, 0.2) is 5.78 Å². The first-order valence-corrected chi connectivity index (χ1v) is 9.63. The SMILES string of the molecule is CC(=O)N1CCc2cc(C(=O)c3c(N)sc4c3CCC(C)C4)ccc21. The second-order valence-electron chi connectivity index (χ2n) is 7.18. The van der Waals surface area contributed by atoms with E-state index in [0.29, 0.717) is 28.6 Å². The van der Waals surface area contributed by atoms with Crippen LogP contribution in [0.25, 0.3) is 0 Å². The zero-order valence-corrected chi connectivity index (χ0v) is 15.4. The number of amides is 1. The molecule has 0 fully saturated rings. The van der Waals surface area contributed by atoms with Gasteiger partial charge in [-0.3, -0.25) is 9.59 Å². The van der Waals surface area contributed by atoms with Gasteiger partial charge in [0.05, 0.1) is 10.6 Å². The molecule has 1 amide bonds. The van der Waals surface area contributed by atoms with Crippen LogP contribution in [0, 0.1) is 5.92 Å². The molecular weight excluding hydrogens is 332 g/mol. The van der Waals surface area contributed by atoms with Gasteiger partial charge in [-0.05, 0) is 60.9 Å². The molecule has 0 bridgehead atoms. The molecule has 1 aliphatic carbocycles. The Morgan fingerprint density at radius 1 is 1.28 bits per heavy atom. The van der Waals surface area contributed by atoms with Gasteiger partial charge in [-0.15, -0.1) is 11.3 Å². The van der Waals surface area contributed by atoms with Crippen molar-refractivity contribution in [2.75, 3.05) is 17.2 Å². The standard InChI is InChI=1S/C20H22N2O2S/c1-11-3-5-15-17(9-11)25-20(21)18(15)19(24)14-4-6-16-13(10-14)7-8-22(16)12(2)23/h4,6,10-11H,3,5,7-9,21H2,1-2H3. The van der Waals surface area contributed by atoms with Crippen molar-refractivity contribution in [1.82, 2.24) is 0 Å². The molecule has 1 aliphatic heterocycles. The average molecular weight is 354 g/mol. The third-order valence-electron chi connectivity index (χ3n) is 5.38. The average Bonchev–Trinajstić information content (AvgIpc) is 3.13. The van der Waals surface area contributed by atoms with Gasteiger partial charge in [0.1, 0.15) is 0 Å². The van der Waals surface area contributed by atoms with Crippen LogP contribution < -0.4 is 10.6 Å². The number of hydrogen-bond donors (Lipinski definition) is 1. The van der Waals surface area contributed by atoms with Crippen LogP contribution in [-0.2, 0) is 24.1 Å². The van der Waals surface area contributed by atoms with Gasteiger partial charge in [-0.2, -0.15) is 0 Å². The van der Waals surface area contributed by atoms with Crippen LogP contribution in [0.15, 0.2) is 18.2 Å². The van der Waals surface area contributed by atoms with E-state index in [1.807, 2.05) is 18.2 Å². The summed E-state index contributed by atoms with van der Waals surface area (Å²) in [4.78, 5) is 27.9. The molecule has 2 N–H and O–H groups in total. The second-order valence-corrected chi connectivity index (χ2v) is 8.32. The summed E-state index contributed by atoms with van der Waals surface area (Å²) in [6.45, 7) is 4.52. The highest BCUT2D eigenvalue weighted by atomic mass is 32.1. The van der Waals surface area contributed by atoms with Crippen molar-refractivity contribution in [3.8, 4) is 0 Å². The molecule has 1 unspecified atom stereocenters. The molecule has 25 heavy (non-hydrogen) atoms. The molecule has 130 valence electrons. The van der Waals surface area contributed by atoms with E-state index < -0.39 is 0 Å². The van der Waals surface area contributed by atoms with Crippen molar-refractivity contribution in [1.29, 1.82) is 0 Å². The van der Waals surface area contributed by atoms with E-state index in [1.54, 1.807) is 23.2 Å². The molecule has 2 aliphatic rings. The van der Waals surface area contributed by atoms with Gasteiger partial charge in [-0.25, -0.2) is 0 Å². The van der Waals surface area contributed by atoms with Crippen molar-refractivity contribution in [2.45, 2.75) is 39.5 Å².